The van der Waals surface area contributed by atoms with Crippen molar-refractivity contribution in [3.63, 3.8) is 0 Å². The predicted molar refractivity (Wildman–Crippen MR) is 72.4 cm³/mol. The van der Waals surface area contributed by atoms with Gasteiger partial charge in [-0.15, -0.1) is 0 Å². The molecule has 2 unspecified atom stereocenters. The van der Waals surface area contributed by atoms with E-state index in [1.54, 1.807) is 0 Å². The zero-order valence-electron chi connectivity index (χ0n) is 10.7. The van der Waals surface area contributed by atoms with Crippen LogP contribution in [0.1, 0.15) is 19.4 Å². The third-order valence-corrected chi connectivity index (χ3v) is 4.68. The second-order valence-electron chi connectivity index (χ2n) is 4.65. The van der Waals surface area contributed by atoms with Gasteiger partial charge >= 0.3 is 6.18 Å². The summed E-state index contributed by atoms with van der Waals surface area (Å²) in [7, 11) is 0. The van der Waals surface area contributed by atoms with E-state index < -0.39 is 11.7 Å². The van der Waals surface area contributed by atoms with Crippen molar-refractivity contribution in [1.29, 1.82) is 0 Å². The number of rotatable bonds is 1. The number of pyridine rings is 1. The van der Waals surface area contributed by atoms with Gasteiger partial charge < -0.3 is 10.6 Å². The zero-order valence-corrected chi connectivity index (χ0v) is 11.6. The van der Waals surface area contributed by atoms with Gasteiger partial charge in [-0.25, -0.2) is 4.98 Å². The van der Waals surface area contributed by atoms with E-state index >= 15 is 0 Å². The molecule has 7 heteroatoms. The van der Waals surface area contributed by atoms with Gasteiger partial charge in [-0.1, -0.05) is 6.92 Å². The monoisotopic (exact) mass is 291 g/mol. The number of hydrogen-bond donors (Lipinski definition) is 1. The summed E-state index contributed by atoms with van der Waals surface area (Å²) in [5, 5.41) is 0.353. The molecular weight excluding hydrogens is 275 g/mol. The van der Waals surface area contributed by atoms with Crippen molar-refractivity contribution in [1.82, 2.24) is 4.98 Å². The fraction of sp³-hybridized carbons (Fsp3) is 0.583. The van der Waals surface area contributed by atoms with Crippen LogP contribution >= 0.6 is 11.8 Å². The Morgan fingerprint density at radius 2 is 2.05 bits per heavy atom. The maximum Gasteiger partial charge on any atom is 0.416 e. The second-order valence-corrected chi connectivity index (χ2v) is 6.13. The van der Waals surface area contributed by atoms with Crippen LogP contribution in [0.5, 0.6) is 0 Å². The van der Waals surface area contributed by atoms with E-state index in [4.69, 9.17) is 5.73 Å². The Bertz CT molecular complexity index is 464. The maximum atomic E-state index is 12.8. The smallest absolute Gasteiger partial charge is 0.384 e. The molecule has 3 nitrogen and oxygen atoms in total. The van der Waals surface area contributed by atoms with Crippen LogP contribution in [0.3, 0.4) is 0 Å². The molecule has 2 heterocycles. The van der Waals surface area contributed by atoms with Gasteiger partial charge in [0, 0.05) is 23.6 Å². The highest BCUT2D eigenvalue weighted by atomic mass is 32.2. The minimum Gasteiger partial charge on any atom is -0.384 e. The summed E-state index contributed by atoms with van der Waals surface area (Å²) in [6, 6.07) is 2.08. The standard InChI is InChI=1S/C12H16F3N3S/c1-7-8(2)19-4-3-18(7)11-6-9(12(13,14)15)5-10(16)17-11/h5-8H,3-4H2,1-2H3,(H2,16,17). The molecule has 1 aromatic heterocycles. The van der Waals surface area contributed by atoms with Crippen LogP contribution in [0.15, 0.2) is 12.1 Å². The summed E-state index contributed by atoms with van der Waals surface area (Å²) in [4.78, 5) is 5.95. The number of hydrogen-bond acceptors (Lipinski definition) is 4. The van der Waals surface area contributed by atoms with Crippen molar-refractivity contribution in [3.05, 3.63) is 17.7 Å². The van der Waals surface area contributed by atoms with Crippen molar-refractivity contribution in [2.24, 2.45) is 0 Å². The lowest BCUT2D eigenvalue weighted by Gasteiger charge is -2.38. The number of alkyl halides is 3. The summed E-state index contributed by atoms with van der Waals surface area (Å²) in [6.45, 7) is 4.75. The Morgan fingerprint density at radius 3 is 2.68 bits per heavy atom. The highest BCUT2D eigenvalue weighted by Crippen LogP contribution is 2.34. The fourth-order valence-corrected chi connectivity index (χ4v) is 3.20. The second kappa shape index (κ2) is 5.11. The van der Waals surface area contributed by atoms with Gasteiger partial charge in [0.15, 0.2) is 0 Å². The lowest BCUT2D eigenvalue weighted by molar-refractivity contribution is -0.137. The Balaban J connectivity index is 2.36. The summed E-state index contributed by atoms with van der Waals surface area (Å²) >= 11 is 1.82. The van der Waals surface area contributed by atoms with Crippen LogP contribution in [0, 0.1) is 0 Å². The molecule has 2 atom stereocenters. The Kier molecular flexibility index (Phi) is 3.85. The lowest BCUT2D eigenvalue weighted by atomic mass is 10.2. The van der Waals surface area contributed by atoms with Gasteiger partial charge in [-0.2, -0.15) is 24.9 Å². The quantitative estimate of drug-likeness (QED) is 0.863. The molecule has 1 fully saturated rings. The number of anilines is 2. The molecule has 0 spiro atoms. The van der Waals surface area contributed by atoms with Gasteiger partial charge in [-0.3, -0.25) is 0 Å². The average molecular weight is 291 g/mol. The van der Waals surface area contributed by atoms with E-state index in [0.29, 0.717) is 17.6 Å². The van der Waals surface area contributed by atoms with Crippen LogP contribution < -0.4 is 10.6 Å². The van der Waals surface area contributed by atoms with Gasteiger partial charge in [0.05, 0.1) is 5.56 Å². The minimum absolute atomic E-state index is 0.0945. The maximum absolute atomic E-state index is 12.8. The van der Waals surface area contributed by atoms with E-state index in [1.165, 1.54) is 0 Å². The molecule has 1 aliphatic heterocycles. The molecule has 1 aliphatic rings. The average Bonchev–Trinajstić information content (AvgIpc) is 2.31. The third-order valence-electron chi connectivity index (χ3n) is 3.34. The van der Waals surface area contributed by atoms with Gasteiger partial charge in [0.2, 0.25) is 0 Å². The number of aromatic nitrogens is 1. The fourth-order valence-electron chi connectivity index (χ4n) is 2.10. The topological polar surface area (TPSA) is 42.1 Å². The van der Waals surface area contributed by atoms with Gasteiger partial charge in [0.25, 0.3) is 0 Å². The van der Waals surface area contributed by atoms with E-state index in [-0.39, 0.29) is 11.9 Å². The molecule has 2 N–H and O–H groups in total. The molecule has 2 rings (SSSR count). The number of thioether (sulfide) groups is 1. The zero-order chi connectivity index (χ0) is 14.2. The van der Waals surface area contributed by atoms with E-state index in [1.807, 2.05) is 23.6 Å². The Labute approximate surface area is 114 Å². The molecule has 0 radical (unpaired) electrons. The molecule has 106 valence electrons. The summed E-state index contributed by atoms with van der Waals surface area (Å²) in [5.74, 6) is 1.10. The van der Waals surface area contributed by atoms with E-state index in [0.717, 1.165) is 17.9 Å². The lowest BCUT2D eigenvalue weighted by Crippen LogP contribution is -2.45. The first kappa shape index (κ1) is 14.3. The molecule has 0 aromatic carbocycles. The van der Waals surface area contributed by atoms with Crippen molar-refractivity contribution in [3.8, 4) is 0 Å². The molecule has 0 amide bonds. The summed E-state index contributed by atoms with van der Waals surface area (Å²) in [6.07, 6.45) is -4.40. The largest absolute Gasteiger partial charge is 0.416 e. The first-order chi connectivity index (χ1) is 8.79. The molecule has 19 heavy (non-hydrogen) atoms. The number of nitrogens with zero attached hydrogens (tertiary/aromatic N) is 2. The predicted octanol–water partition coefficient (Wildman–Crippen LogP) is 3.01. The Morgan fingerprint density at radius 1 is 1.37 bits per heavy atom. The van der Waals surface area contributed by atoms with Crippen molar-refractivity contribution in [2.45, 2.75) is 31.3 Å². The van der Waals surface area contributed by atoms with Gasteiger partial charge in [-0.05, 0) is 19.1 Å². The van der Waals surface area contributed by atoms with Crippen LogP contribution in [-0.4, -0.2) is 28.6 Å². The summed E-state index contributed by atoms with van der Waals surface area (Å²) < 4.78 is 38.3. The minimum atomic E-state index is -4.40. The molecule has 0 bridgehead atoms. The third kappa shape index (κ3) is 3.08. The highest BCUT2D eigenvalue weighted by Gasteiger charge is 2.33. The van der Waals surface area contributed by atoms with E-state index in [2.05, 4.69) is 11.9 Å². The molecule has 0 saturated carbocycles. The number of nitrogen functional groups attached to an aromatic ring is 1. The van der Waals surface area contributed by atoms with Crippen LogP contribution in [0.25, 0.3) is 0 Å². The Hall–Kier alpha value is -1.11. The molecule has 1 saturated heterocycles. The molecule has 0 aliphatic carbocycles. The van der Waals surface area contributed by atoms with Crippen LogP contribution in [0.4, 0.5) is 24.8 Å². The first-order valence-corrected chi connectivity index (χ1v) is 7.07. The normalized spacial score (nSPS) is 24.6. The first-order valence-electron chi connectivity index (χ1n) is 6.02. The van der Waals surface area contributed by atoms with Gasteiger partial charge in [0.1, 0.15) is 11.6 Å². The van der Waals surface area contributed by atoms with Crippen LogP contribution in [-0.2, 0) is 6.18 Å². The highest BCUT2D eigenvalue weighted by molar-refractivity contribution is 8.00. The SMILES string of the molecule is CC1SCCN(c2cc(C(F)(F)F)cc(N)n2)C1C. The van der Waals surface area contributed by atoms with Crippen LogP contribution in [0.2, 0.25) is 0 Å². The van der Waals surface area contributed by atoms with E-state index in [9.17, 15) is 13.2 Å². The number of halogens is 3. The summed E-state index contributed by atoms with van der Waals surface area (Å²) in [5.41, 5.74) is 4.76. The van der Waals surface area contributed by atoms with Crippen molar-refractivity contribution in [2.75, 3.05) is 22.9 Å². The van der Waals surface area contributed by atoms with Crippen molar-refractivity contribution < 1.29 is 13.2 Å². The molecular formula is C12H16F3N3S. The number of nitrogens with two attached hydrogens (primary N) is 1. The van der Waals surface area contributed by atoms with Crippen molar-refractivity contribution >= 4 is 23.4 Å². The molecule has 1 aromatic rings.